The molecule has 1 fully saturated rings. The lowest BCUT2D eigenvalue weighted by Gasteiger charge is -2.35. The zero-order valence-electron chi connectivity index (χ0n) is 12.1. The average Bonchev–Trinajstić information content (AvgIpc) is 3.28. The quantitative estimate of drug-likeness (QED) is 0.945. The lowest BCUT2D eigenvalue weighted by atomic mass is 10.2. The minimum atomic E-state index is 0.110. The highest BCUT2D eigenvalue weighted by Gasteiger charge is 2.31. The number of benzene rings is 1. The third kappa shape index (κ3) is 2.21. The van der Waals surface area contributed by atoms with Gasteiger partial charge in [-0.3, -0.25) is 0 Å². The first-order chi connectivity index (χ1) is 10.3. The van der Waals surface area contributed by atoms with E-state index >= 15 is 0 Å². The average molecular weight is 301 g/mol. The van der Waals surface area contributed by atoms with E-state index in [2.05, 4.69) is 41.1 Å². The van der Waals surface area contributed by atoms with Crippen molar-refractivity contribution in [2.75, 3.05) is 29.9 Å². The van der Waals surface area contributed by atoms with E-state index in [1.54, 1.807) is 11.3 Å². The molecule has 2 heterocycles. The molecule has 2 aliphatic rings. The summed E-state index contributed by atoms with van der Waals surface area (Å²) in [6.45, 7) is 2.04. The van der Waals surface area contributed by atoms with Crippen LogP contribution in [0, 0.1) is 0 Å². The third-order valence-corrected chi connectivity index (χ3v) is 5.38. The third-order valence-electron chi connectivity index (χ3n) is 4.30. The Morgan fingerprint density at radius 1 is 1.24 bits per heavy atom. The maximum absolute atomic E-state index is 9.59. The van der Waals surface area contributed by atoms with Crippen LogP contribution in [0.15, 0.2) is 24.3 Å². The van der Waals surface area contributed by atoms with E-state index < -0.39 is 0 Å². The summed E-state index contributed by atoms with van der Waals surface area (Å²) >= 11 is 1.65. The van der Waals surface area contributed by atoms with E-state index in [0.29, 0.717) is 5.92 Å². The number of anilines is 3. The summed E-state index contributed by atoms with van der Waals surface area (Å²) < 4.78 is 0. The van der Waals surface area contributed by atoms with Gasteiger partial charge in [-0.05, 0) is 25.0 Å². The highest BCUT2D eigenvalue weighted by Crippen LogP contribution is 2.46. The Morgan fingerprint density at radius 3 is 2.71 bits per heavy atom. The zero-order chi connectivity index (χ0) is 14.4. The van der Waals surface area contributed by atoms with Crippen molar-refractivity contribution in [1.82, 2.24) is 4.98 Å². The largest absolute Gasteiger partial charge is 0.391 e. The van der Waals surface area contributed by atoms with Gasteiger partial charge in [0.05, 0.1) is 28.6 Å². The second-order valence-electron chi connectivity index (χ2n) is 5.80. The number of aromatic nitrogens is 1. The zero-order valence-corrected chi connectivity index (χ0v) is 12.9. The molecule has 0 unspecified atom stereocenters. The van der Waals surface area contributed by atoms with Gasteiger partial charge in [-0.25, -0.2) is 4.98 Å². The van der Waals surface area contributed by atoms with Gasteiger partial charge in [0.2, 0.25) is 0 Å². The Bertz CT molecular complexity index is 665. The highest BCUT2D eigenvalue weighted by molar-refractivity contribution is 7.15. The van der Waals surface area contributed by atoms with Gasteiger partial charge in [0.1, 0.15) is 0 Å². The summed E-state index contributed by atoms with van der Waals surface area (Å²) in [7, 11) is 2.13. The first-order valence-electron chi connectivity index (χ1n) is 7.46. The molecular formula is C16H19N3OS. The standard InChI is InChI=1S/C16H19N3OS/c1-18-8-9-19(13-5-3-2-4-12(13)18)16-17-15(11-6-7-11)14(10-20)21-16/h2-5,11,20H,6-10H2,1H3. The van der Waals surface area contributed by atoms with Crippen LogP contribution in [0.2, 0.25) is 0 Å². The first-order valence-corrected chi connectivity index (χ1v) is 8.27. The number of fused-ring (bicyclic) bond motifs is 1. The predicted octanol–water partition coefficient (Wildman–Crippen LogP) is 3.10. The van der Waals surface area contributed by atoms with Crippen molar-refractivity contribution >= 4 is 27.8 Å². The summed E-state index contributed by atoms with van der Waals surface area (Å²) in [6.07, 6.45) is 2.44. The molecule has 21 heavy (non-hydrogen) atoms. The van der Waals surface area contributed by atoms with Gasteiger partial charge in [-0.15, -0.1) is 0 Å². The van der Waals surface area contributed by atoms with E-state index in [4.69, 9.17) is 4.98 Å². The molecule has 0 atom stereocenters. The number of thiazole rings is 1. The van der Waals surface area contributed by atoms with Gasteiger partial charge in [0.25, 0.3) is 0 Å². The van der Waals surface area contributed by atoms with Gasteiger partial charge in [-0.1, -0.05) is 23.5 Å². The van der Waals surface area contributed by atoms with E-state index in [-0.39, 0.29) is 6.61 Å². The summed E-state index contributed by atoms with van der Waals surface area (Å²) in [5.74, 6) is 0.583. The molecule has 110 valence electrons. The molecule has 1 N–H and O–H groups in total. The molecule has 4 nitrogen and oxygen atoms in total. The number of rotatable bonds is 3. The van der Waals surface area contributed by atoms with E-state index in [9.17, 15) is 5.11 Å². The molecule has 5 heteroatoms. The topological polar surface area (TPSA) is 39.6 Å². The van der Waals surface area contributed by atoms with Crippen molar-refractivity contribution in [2.45, 2.75) is 25.4 Å². The van der Waals surface area contributed by atoms with Gasteiger partial charge >= 0.3 is 0 Å². The first kappa shape index (κ1) is 13.1. The minimum absolute atomic E-state index is 0.110. The van der Waals surface area contributed by atoms with Crippen LogP contribution in [-0.4, -0.2) is 30.2 Å². The molecule has 1 aliphatic heterocycles. The van der Waals surface area contributed by atoms with Gasteiger partial charge in [0.15, 0.2) is 5.13 Å². The summed E-state index contributed by atoms with van der Waals surface area (Å²) in [5, 5.41) is 10.6. The van der Waals surface area contributed by atoms with Crippen LogP contribution in [-0.2, 0) is 6.61 Å². The predicted molar refractivity (Wildman–Crippen MR) is 86.7 cm³/mol. The fraction of sp³-hybridized carbons (Fsp3) is 0.438. The van der Waals surface area contributed by atoms with Crippen LogP contribution in [0.5, 0.6) is 0 Å². The van der Waals surface area contributed by atoms with E-state index in [1.807, 2.05) is 0 Å². The lowest BCUT2D eigenvalue weighted by Crippen LogP contribution is -2.36. The van der Waals surface area contributed by atoms with Crippen LogP contribution in [0.1, 0.15) is 29.3 Å². The molecule has 1 saturated carbocycles. The van der Waals surface area contributed by atoms with Crippen molar-refractivity contribution in [2.24, 2.45) is 0 Å². The molecule has 1 aromatic carbocycles. The molecule has 1 aliphatic carbocycles. The van der Waals surface area contributed by atoms with Crippen LogP contribution < -0.4 is 9.80 Å². The number of para-hydroxylation sites is 2. The Labute approximate surface area is 128 Å². The van der Waals surface area contributed by atoms with Crippen LogP contribution >= 0.6 is 11.3 Å². The summed E-state index contributed by atoms with van der Waals surface area (Å²) in [4.78, 5) is 10.5. The van der Waals surface area contributed by atoms with Gasteiger partial charge < -0.3 is 14.9 Å². The fourth-order valence-electron chi connectivity index (χ4n) is 2.96. The number of nitrogens with zero attached hydrogens (tertiary/aromatic N) is 3. The maximum Gasteiger partial charge on any atom is 0.190 e. The van der Waals surface area contributed by atoms with Crippen LogP contribution in [0.3, 0.4) is 0 Å². The molecule has 0 amide bonds. The normalized spacial score (nSPS) is 18.0. The van der Waals surface area contributed by atoms with Crippen molar-refractivity contribution in [1.29, 1.82) is 0 Å². The van der Waals surface area contributed by atoms with Gasteiger partial charge in [-0.2, -0.15) is 0 Å². The number of aliphatic hydroxyl groups excluding tert-OH is 1. The van der Waals surface area contributed by atoms with Crippen molar-refractivity contribution in [3.63, 3.8) is 0 Å². The summed E-state index contributed by atoms with van der Waals surface area (Å²) in [5.41, 5.74) is 3.60. The van der Waals surface area contributed by atoms with Crippen LogP contribution in [0.4, 0.5) is 16.5 Å². The molecule has 2 aromatic rings. The fourth-order valence-corrected chi connectivity index (χ4v) is 4.01. The van der Waals surface area contributed by atoms with Crippen molar-refractivity contribution in [3.8, 4) is 0 Å². The van der Waals surface area contributed by atoms with E-state index in [1.165, 1.54) is 24.2 Å². The minimum Gasteiger partial charge on any atom is -0.391 e. The Morgan fingerprint density at radius 2 is 2.00 bits per heavy atom. The highest BCUT2D eigenvalue weighted by atomic mass is 32.1. The maximum atomic E-state index is 9.59. The van der Waals surface area contributed by atoms with Crippen LogP contribution in [0.25, 0.3) is 0 Å². The van der Waals surface area contributed by atoms with Crippen molar-refractivity contribution in [3.05, 3.63) is 34.8 Å². The van der Waals surface area contributed by atoms with E-state index in [0.717, 1.165) is 28.8 Å². The Balaban J connectivity index is 1.75. The SMILES string of the molecule is CN1CCN(c2nc(C3CC3)c(CO)s2)c2ccccc21. The lowest BCUT2D eigenvalue weighted by molar-refractivity contribution is 0.284. The number of likely N-dealkylation sites (N-methyl/N-ethyl adjacent to an activating group) is 1. The number of hydrogen-bond acceptors (Lipinski definition) is 5. The number of aliphatic hydroxyl groups is 1. The second-order valence-corrected chi connectivity index (χ2v) is 6.86. The molecular weight excluding hydrogens is 282 g/mol. The summed E-state index contributed by atoms with van der Waals surface area (Å²) in [6, 6.07) is 8.47. The molecule has 0 bridgehead atoms. The molecule has 4 rings (SSSR count). The molecule has 0 spiro atoms. The monoisotopic (exact) mass is 301 g/mol. The number of hydrogen-bond donors (Lipinski definition) is 1. The molecule has 1 aromatic heterocycles. The Kier molecular flexibility index (Phi) is 3.12. The van der Waals surface area contributed by atoms with Crippen molar-refractivity contribution < 1.29 is 5.11 Å². The Hall–Kier alpha value is -1.59. The van der Waals surface area contributed by atoms with Gasteiger partial charge in [0, 0.05) is 26.1 Å². The smallest absolute Gasteiger partial charge is 0.190 e. The second kappa shape index (κ2) is 5.00. The molecule has 0 radical (unpaired) electrons. The molecule has 0 saturated heterocycles.